The Morgan fingerprint density at radius 2 is 1.81 bits per heavy atom. The molecule has 0 aliphatic rings. The molecule has 0 atom stereocenters. The first kappa shape index (κ1) is 13.7. The normalized spacial score (nSPS) is 12.1. The first-order valence-electron chi connectivity index (χ1n) is 6.29. The van der Waals surface area contributed by atoms with E-state index in [-0.39, 0.29) is 5.54 Å². The van der Waals surface area contributed by atoms with Gasteiger partial charge in [-0.25, -0.2) is 4.98 Å². The number of nitrogens with one attached hydrogen (secondary N) is 1. The number of aryl methyl sites for hydroxylation is 2. The zero-order chi connectivity index (χ0) is 12.2. The summed E-state index contributed by atoms with van der Waals surface area (Å²) in [5.74, 6) is 0. The monoisotopic (exact) mass is 240 g/mol. The summed E-state index contributed by atoms with van der Waals surface area (Å²) in [5.41, 5.74) is 1.28. The summed E-state index contributed by atoms with van der Waals surface area (Å²) >= 11 is 1.85. The lowest BCUT2D eigenvalue weighted by Crippen LogP contribution is -2.41. The van der Waals surface area contributed by atoms with Crippen LogP contribution < -0.4 is 5.32 Å². The van der Waals surface area contributed by atoms with Gasteiger partial charge in [-0.3, -0.25) is 0 Å². The Balaban J connectivity index is 2.99. The van der Waals surface area contributed by atoms with Crippen molar-refractivity contribution in [2.45, 2.75) is 59.4 Å². The average Bonchev–Trinajstić information content (AvgIpc) is 2.62. The van der Waals surface area contributed by atoms with Crippen molar-refractivity contribution in [3.63, 3.8) is 0 Å². The van der Waals surface area contributed by atoms with Gasteiger partial charge in [-0.2, -0.15) is 0 Å². The summed E-state index contributed by atoms with van der Waals surface area (Å²) in [6, 6.07) is 0. The highest BCUT2D eigenvalue weighted by atomic mass is 32.1. The van der Waals surface area contributed by atoms with Crippen LogP contribution in [0.2, 0.25) is 0 Å². The highest BCUT2D eigenvalue weighted by Crippen LogP contribution is 2.33. The third-order valence-electron chi connectivity index (χ3n) is 3.36. The third kappa shape index (κ3) is 2.64. The van der Waals surface area contributed by atoms with E-state index in [1.807, 2.05) is 11.3 Å². The van der Waals surface area contributed by atoms with Crippen LogP contribution in [0, 0.1) is 13.8 Å². The molecule has 92 valence electrons. The second kappa shape index (κ2) is 5.78. The second-order valence-electron chi connectivity index (χ2n) is 4.38. The van der Waals surface area contributed by atoms with Gasteiger partial charge in [0.05, 0.1) is 11.2 Å². The molecule has 1 N–H and O–H groups in total. The Labute approximate surface area is 103 Å². The number of aromatic nitrogens is 1. The molecule has 0 bridgehead atoms. The quantitative estimate of drug-likeness (QED) is 0.818. The smallest absolute Gasteiger partial charge is 0.113 e. The van der Waals surface area contributed by atoms with Crippen molar-refractivity contribution in [3.8, 4) is 0 Å². The van der Waals surface area contributed by atoms with Crippen molar-refractivity contribution in [2.75, 3.05) is 6.54 Å². The fourth-order valence-corrected chi connectivity index (χ4v) is 3.14. The van der Waals surface area contributed by atoms with Crippen molar-refractivity contribution in [1.82, 2.24) is 10.3 Å². The molecule has 0 saturated heterocycles. The Morgan fingerprint density at radius 3 is 2.19 bits per heavy atom. The maximum atomic E-state index is 4.73. The predicted molar refractivity (Wildman–Crippen MR) is 72.1 cm³/mol. The Morgan fingerprint density at radius 1 is 1.19 bits per heavy atom. The third-order valence-corrected chi connectivity index (χ3v) is 4.64. The van der Waals surface area contributed by atoms with Crippen molar-refractivity contribution in [2.24, 2.45) is 0 Å². The zero-order valence-electron chi connectivity index (χ0n) is 11.2. The summed E-state index contributed by atoms with van der Waals surface area (Å²) in [6.45, 7) is 12.0. The van der Waals surface area contributed by atoms with Crippen LogP contribution in [-0.2, 0) is 5.54 Å². The van der Waals surface area contributed by atoms with Gasteiger partial charge in [-0.1, -0.05) is 20.8 Å². The lowest BCUT2D eigenvalue weighted by atomic mass is 9.93. The molecule has 16 heavy (non-hydrogen) atoms. The molecule has 1 aromatic rings. The summed E-state index contributed by atoms with van der Waals surface area (Å²) in [6.07, 6.45) is 3.39. The molecule has 0 aromatic carbocycles. The van der Waals surface area contributed by atoms with E-state index in [4.69, 9.17) is 4.98 Å². The van der Waals surface area contributed by atoms with Gasteiger partial charge in [-0.15, -0.1) is 11.3 Å². The molecular weight excluding hydrogens is 216 g/mol. The fourth-order valence-electron chi connectivity index (χ4n) is 1.92. The van der Waals surface area contributed by atoms with Crippen LogP contribution in [-0.4, -0.2) is 11.5 Å². The van der Waals surface area contributed by atoms with Crippen LogP contribution in [0.4, 0.5) is 0 Å². The van der Waals surface area contributed by atoms with E-state index in [0.29, 0.717) is 0 Å². The van der Waals surface area contributed by atoms with Gasteiger partial charge < -0.3 is 5.32 Å². The molecule has 0 radical (unpaired) electrons. The molecule has 3 heteroatoms. The van der Waals surface area contributed by atoms with Crippen molar-refractivity contribution in [3.05, 3.63) is 15.6 Å². The van der Waals surface area contributed by atoms with Crippen LogP contribution in [0.3, 0.4) is 0 Å². The number of thiazole rings is 1. The number of hydrogen-bond donors (Lipinski definition) is 1. The summed E-state index contributed by atoms with van der Waals surface area (Å²) in [4.78, 5) is 6.08. The van der Waals surface area contributed by atoms with Gasteiger partial charge in [0.1, 0.15) is 5.01 Å². The van der Waals surface area contributed by atoms with E-state index in [2.05, 4.69) is 39.9 Å². The molecule has 0 aliphatic carbocycles. The Bertz CT molecular complexity index is 307. The van der Waals surface area contributed by atoms with E-state index < -0.39 is 0 Å². The zero-order valence-corrected chi connectivity index (χ0v) is 12.0. The first-order valence-corrected chi connectivity index (χ1v) is 7.10. The SMILES string of the molecule is CCCNC(CC)(CC)c1nc(C)c(C)s1. The van der Waals surface area contributed by atoms with Gasteiger partial charge in [0, 0.05) is 4.88 Å². The average molecular weight is 240 g/mol. The highest BCUT2D eigenvalue weighted by molar-refractivity contribution is 7.11. The summed E-state index contributed by atoms with van der Waals surface area (Å²) in [5, 5.41) is 4.95. The molecule has 0 amide bonds. The van der Waals surface area contributed by atoms with E-state index in [1.165, 1.54) is 22.0 Å². The lowest BCUT2D eigenvalue weighted by molar-refractivity contribution is 0.307. The van der Waals surface area contributed by atoms with Gasteiger partial charge in [-0.05, 0) is 39.7 Å². The van der Waals surface area contributed by atoms with E-state index in [1.54, 1.807) is 0 Å². The number of rotatable bonds is 6. The lowest BCUT2D eigenvalue weighted by Gasteiger charge is -2.31. The van der Waals surface area contributed by atoms with Crippen LogP contribution in [0.25, 0.3) is 0 Å². The Kier molecular flexibility index (Phi) is 4.93. The molecule has 2 nitrogen and oxygen atoms in total. The standard InChI is InChI=1S/C13H24N2S/c1-6-9-14-13(7-2,8-3)12-15-10(4)11(5)16-12/h14H,6-9H2,1-5H3. The van der Waals surface area contributed by atoms with Gasteiger partial charge in [0.2, 0.25) is 0 Å². The summed E-state index contributed by atoms with van der Waals surface area (Å²) in [7, 11) is 0. The Hall–Kier alpha value is -0.410. The predicted octanol–water partition coefficient (Wildman–Crippen LogP) is 3.77. The van der Waals surface area contributed by atoms with Gasteiger partial charge in [0.15, 0.2) is 0 Å². The topological polar surface area (TPSA) is 24.9 Å². The van der Waals surface area contributed by atoms with E-state index in [9.17, 15) is 0 Å². The molecule has 1 aromatic heterocycles. The van der Waals surface area contributed by atoms with Crippen LogP contribution in [0.1, 0.15) is 55.6 Å². The molecule has 0 aliphatic heterocycles. The maximum Gasteiger partial charge on any atom is 0.113 e. The van der Waals surface area contributed by atoms with Crippen LogP contribution in [0.15, 0.2) is 0 Å². The number of nitrogens with zero attached hydrogens (tertiary/aromatic N) is 1. The molecule has 1 rings (SSSR count). The molecule has 1 heterocycles. The second-order valence-corrected chi connectivity index (χ2v) is 5.58. The molecule has 0 spiro atoms. The molecule has 0 saturated carbocycles. The van der Waals surface area contributed by atoms with Gasteiger partial charge >= 0.3 is 0 Å². The van der Waals surface area contributed by atoms with Gasteiger partial charge in [0.25, 0.3) is 0 Å². The molecular formula is C13H24N2S. The van der Waals surface area contributed by atoms with Crippen molar-refractivity contribution in [1.29, 1.82) is 0 Å². The fraction of sp³-hybridized carbons (Fsp3) is 0.769. The van der Waals surface area contributed by atoms with Crippen LogP contribution >= 0.6 is 11.3 Å². The summed E-state index contributed by atoms with van der Waals surface area (Å²) < 4.78 is 0. The minimum atomic E-state index is 0.0969. The highest BCUT2D eigenvalue weighted by Gasteiger charge is 2.31. The minimum Gasteiger partial charge on any atom is -0.305 e. The maximum absolute atomic E-state index is 4.73. The van der Waals surface area contributed by atoms with Crippen molar-refractivity contribution < 1.29 is 0 Å². The van der Waals surface area contributed by atoms with Crippen molar-refractivity contribution >= 4 is 11.3 Å². The van der Waals surface area contributed by atoms with Crippen LogP contribution in [0.5, 0.6) is 0 Å². The largest absolute Gasteiger partial charge is 0.305 e. The molecule has 0 unspecified atom stereocenters. The molecule has 0 fully saturated rings. The minimum absolute atomic E-state index is 0.0969. The van der Waals surface area contributed by atoms with E-state index in [0.717, 1.165) is 19.4 Å². The first-order chi connectivity index (χ1) is 7.59. The van der Waals surface area contributed by atoms with E-state index >= 15 is 0 Å². The number of hydrogen-bond acceptors (Lipinski definition) is 3.